The van der Waals surface area contributed by atoms with Gasteiger partial charge in [0.15, 0.2) is 0 Å². The third-order valence-electron chi connectivity index (χ3n) is 2.91. The number of benzene rings is 2. The predicted octanol–water partition coefficient (Wildman–Crippen LogP) is 2.91. The maximum absolute atomic E-state index is 12.4. The number of anilines is 1. The van der Waals surface area contributed by atoms with Crippen molar-refractivity contribution in [3.63, 3.8) is 0 Å². The van der Waals surface area contributed by atoms with Crippen LogP contribution in [0, 0.1) is 6.92 Å². The van der Waals surface area contributed by atoms with Gasteiger partial charge in [-0.2, -0.15) is 0 Å². The smallest absolute Gasteiger partial charge is 0.263 e. The van der Waals surface area contributed by atoms with Crippen LogP contribution in [0.4, 0.5) is 5.69 Å². The molecule has 0 atom stereocenters. The first-order valence-corrected chi connectivity index (χ1v) is 7.87. The topological polar surface area (TPSA) is 72.2 Å². The van der Waals surface area contributed by atoms with Crippen molar-refractivity contribution in [1.82, 2.24) is 0 Å². The molecule has 0 aliphatic rings. The summed E-state index contributed by atoms with van der Waals surface area (Å²) in [5, 5.41) is 0.170. The molecule has 0 aliphatic heterocycles. The van der Waals surface area contributed by atoms with Gasteiger partial charge in [0.2, 0.25) is 0 Å². The number of aryl methyl sites for hydroxylation is 1. The standard InChI is InChI=1S/C14H15ClN2O2S/c1-10-4-2-3-5-13(10)17-20(18,19)14-8-11(9-16)6-7-12(14)15/h2-8,17H,9,16H2,1H3. The molecule has 2 aromatic carbocycles. The summed E-state index contributed by atoms with van der Waals surface area (Å²) in [6, 6.07) is 11.9. The van der Waals surface area contributed by atoms with Gasteiger partial charge in [-0.05, 0) is 36.2 Å². The molecule has 6 heteroatoms. The second-order valence-electron chi connectivity index (χ2n) is 4.39. The maximum atomic E-state index is 12.4. The van der Waals surface area contributed by atoms with Crippen molar-refractivity contribution in [3.8, 4) is 0 Å². The first-order valence-electron chi connectivity index (χ1n) is 6.01. The largest absolute Gasteiger partial charge is 0.326 e. The zero-order chi connectivity index (χ0) is 14.8. The van der Waals surface area contributed by atoms with Crippen LogP contribution in [0.15, 0.2) is 47.4 Å². The summed E-state index contributed by atoms with van der Waals surface area (Å²) in [5.41, 5.74) is 7.60. The molecule has 0 aliphatic carbocycles. The van der Waals surface area contributed by atoms with Gasteiger partial charge >= 0.3 is 0 Å². The monoisotopic (exact) mass is 310 g/mol. The van der Waals surface area contributed by atoms with Crippen LogP contribution < -0.4 is 10.5 Å². The lowest BCUT2D eigenvalue weighted by Gasteiger charge is -2.12. The van der Waals surface area contributed by atoms with Crippen LogP contribution in [0.3, 0.4) is 0 Å². The first-order chi connectivity index (χ1) is 9.44. The fourth-order valence-corrected chi connectivity index (χ4v) is 3.45. The number of halogens is 1. The number of sulfonamides is 1. The molecule has 0 saturated carbocycles. The van der Waals surface area contributed by atoms with E-state index in [1.165, 1.54) is 12.1 Å². The number of hydrogen-bond donors (Lipinski definition) is 2. The molecule has 0 spiro atoms. The third kappa shape index (κ3) is 3.12. The minimum absolute atomic E-state index is 0.0327. The summed E-state index contributed by atoms with van der Waals surface area (Å²) in [6.45, 7) is 2.08. The number of nitrogens with one attached hydrogen (secondary N) is 1. The van der Waals surface area contributed by atoms with Crippen molar-refractivity contribution in [2.24, 2.45) is 5.73 Å². The van der Waals surface area contributed by atoms with Crippen molar-refractivity contribution < 1.29 is 8.42 Å². The van der Waals surface area contributed by atoms with E-state index in [-0.39, 0.29) is 16.5 Å². The van der Waals surface area contributed by atoms with Gasteiger partial charge in [-0.1, -0.05) is 35.9 Å². The highest BCUT2D eigenvalue weighted by molar-refractivity contribution is 7.92. The van der Waals surface area contributed by atoms with Crippen molar-refractivity contribution in [3.05, 3.63) is 58.6 Å². The van der Waals surface area contributed by atoms with E-state index in [2.05, 4.69) is 4.72 Å². The fraction of sp³-hybridized carbons (Fsp3) is 0.143. The van der Waals surface area contributed by atoms with Crippen LogP contribution in [0.1, 0.15) is 11.1 Å². The van der Waals surface area contributed by atoms with Gasteiger partial charge in [-0.3, -0.25) is 4.72 Å². The molecule has 0 radical (unpaired) electrons. The van der Waals surface area contributed by atoms with Crippen LogP contribution >= 0.6 is 11.6 Å². The molecule has 106 valence electrons. The zero-order valence-electron chi connectivity index (χ0n) is 10.9. The zero-order valence-corrected chi connectivity index (χ0v) is 12.5. The van der Waals surface area contributed by atoms with E-state index in [9.17, 15) is 8.42 Å². The summed E-state index contributed by atoms with van der Waals surface area (Å²) in [7, 11) is -3.74. The SMILES string of the molecule is Cc1ccccc1NS(=O)(=O)c1cc(CN)ccc1Cl. The molecule has 0 bridgehead atoms. The normalized spacial score (nSPS) is 11.3. The molecule has 0 heterocycles. The minimum Gasteiger partial charge on any atom is -0.326 e. The molecule has 2 aromatic rings. The first kappa shape index (κ1) is 14.8. The highest BCUT2D eigenvalue weighted by atomic mass is 35.5. The Morgan fingerprint density at radius 2 is 1.90 bits per heavy atom. The lowest BCUT2D eigenvalue weighted by molar-refractivity contribution is 0.601. The van der Waals surface area contributed by atoms with Crippen molar-refractivity contribution in [1.29, 1.82) is 0 Å². The Kier molecular flexibility index (Phi) is 4.32. The van der Waals surface area contributed by atoms with E-state index in [0.29, 0.717) is 11.3 Å². The Bertz CT molecular complexity index is 730. The Morgan fingerprint density at radius 3 is 2.55 bits per heavy atom. The Morgan fingerprint density at radius 1 is 1.20 bits per heavy atom. The number of hydrogen-bond acceptors (Lipinski definition) is 3. The summed E-state index contributed by atoms with van der Waals surface area (Å²) < 4.78 is 27.4. The molecule has 0 amide bonds. The maximum Gasteiger partial charge on any atom is 0.263 e. The molecule has 0 unspecified atom stereocenters. The van der Waals surface area contributed by atoms with Gasteiger partial charge < -0.3 is 5.73 Å². The minimum atomic E-state index is -3.74. The Labute approximate surface area is 123 Å². The summed E-state index contributed by atoms with van der Waals surface area (Å²) in [5.74, 6) is 0. The fourth-order valence-electron chi connectivity index (χ4n) is 1.77. The second kappa shape index (κ2) is 5.83. The molecule has 4 nitrogen and oxygen atoms in total. The number of nitrogens with two attached hydrogens (primary N) is 1. The quantitative estimate of drug-likeness (QED) is 0.912. The molecular formula is C14H15ClN2O2S. The summed E-state index contributed by atoms with van der Waals surface area (Å²) >= 11 is 5.98. The Hall–Kier alpha value is -1.56. The molecule has 2 rings (SSSR count). The van der Waals surface area contributed by atoms with Gasteiger partial charge in [0.25, 0.3) is 10.0 Å². The summed E-state index contributed by atoms with van der Waals surface area (Å²) in [4.78, 5) is 0.0327. The summed E-state index contributed by atoms with van der Waals surface area (Å²) in [6.07, 6.45) is 0. The van der Waals surface area contributed by atoms with Crippen molar-refractivity contribution in [2.45, 2.75) is 18.4 Å². The van der Waals surface area contributed by atoms with Gasteiger partial charge in [0.05, 0.1) is 10.7 Å². The van der Waals surface area contributed by atoms with Crippen LogP contribution in [0.5, 0.6) is 0 Å². The van der Waals surface area contributed by atoms with E-state index in [1.54, 1.807) is 18.2 Å². The molecule has 0 fully saturated rings. The molecule has 0 saturated heterocycles. The van der Waals surface area contributed by atoms with Crippen LogP contribution in [0.2, 0.25) is 5.02 Å². The van der Waals surface area contributed by atoms with Gasteiger partial charge in [-0.25, -0.2) is 8.42 Å². The van der Waals surface area contributed by atoms with E-state index in [1.807, 2.05) is 19.1 Å². The number of rotatable bonds is 4. The number of para-hydroxylation sites is 1. The molecule has 0 aromatic heterocycles. The van der Waals surface area contributed by atoms with E-state index < -0.39 is 10.0 Å². The van der Waals surface area contributed by atoms with Crippen molar-refractivity contribution >= 4 is 27.3 Å². The van der Waals surface area contributed by atoms with E-state index in [4.69, 9.17) is 17.3 Å². The van der Waals surface area contributed by atoms with Gasteiger partial charge in [0.1, 0.15) is 4.90 Å². The van der Waals surface area contributed by atoms with Crippen LogP contribution in [-0.4, -0.2) is 8.42 Å². The molecule has 20 heavy (non-hydrogen) atoms. The van der Waals surface area contributed by atoms with E-state index >= 15 is 0 Å². The van der Waals surface area contributed by atoms with Crippen LogP contribution in [-0.2, 0) is 16.6 Å². The molecule has 3 N–H and O–H groups in total. The third-order valence-corrected chi connectivity index (χ3v) is 4.76. The highest BCUT2D eigenvalue weighted by Gasteiger charge is 2.19. The van der Waals surface area contributed by atoms with Gasteiger partial charge in [0, 0.05) is 6.54 Å². The average Bonchev–Trinajstić information content (AvgIpc) is 2.41. The van der Waals surface area contributed by atoms with Gasteiger partial charge in [-0.15, -0.1) is 0 Å². The van der Waals surface area contributed by atoms with E-state index in [0.717, 1.165) is 5.56 Å². The lowest BCUT2D eigenvalue weighted by Crippen LogP contribution is -2.15. The average molecular weight is 311 g/mol. The Balaban J connectivity index is 2.43. The predicted molar refractivity (Wildman–Crippen MR) is 81.3 cm³/mol. The lowest BCUT2D eigenvalue weighted by atomic mass is 10.2. The van der Waals surface area contributed by atoms with Crippen molar-refractivity contribution in [2.75, 3.05) is 4.72 Å². The second-order valence-corrected chi connectivity index (χ2v) is 6.45. The van der Waals surface area contributed by atoms with Crippen LogP contribution in [0.25, 0.3) is 0 Å². The molecular weight excluding hydrogens is 296 g/mol. The highest BCUT2D eigenvalue weighted by Crippen LogP contribution is 2.26.